The second kappa shape index (κ2) is 13.6. The summed E-state index contributed by atoms with van der Waals surface area (Å²) in [4.78, 5) is 44.1. The number of thioether (sulfide) groups is 1. The van der Waals surface area contributed by atoms with Gasteiger partial charge in [0.2, 0.25) is 0 Å². The van der Waals surface area contributed by atoms with Crippen LogP contribution < -0.4 is 14.8 Å². The number of para-hydroxylation sites is 1. The van der Waals surface area contributed by atoms with Gasteiger partial charge in [0.15, 0.2) is 23.3 Å². The first kappa shape index (κ1) is 29.3. The van der Waals surface area contributed by atoms with Crippen LogP contribution >= 0.6 is 11.8 Å². The van der Waals surface area contributed by atoms with Crippen molar-refractivity contribution in [3.05, 3.63) is 88.6 Å². The molecule has 0 unspecified atom stereocenters. The molecule has 1 fully saturated rings. The van der Waals surface area contributed by atoms with Gasteiger partial charge in [0.25, 0.3) is 11.8 Å². The zero-order valence-electron chi connectivity index (χ0n) is 22.7. The number of rotatable bonds is 10. The van der Waals surface area contributed by atoms with Crippen molar-refractivity contribution in [2.75, 3.05) is 32.2 Å². The number of hydrogen-bond donors (Lipinski definition) is 1. The third kappa shape index (κ3) is 7.31. The normalized spacial score (nSPS) is 14.8. The van der Waals surface area contributed by atoms with Gasteiger partial charge in [-0.1, -0.05) is 24.3 Å². The summed E-state index contributed by atoms with van der Waals surface area (Å²) in [5, 5.41) is 2.94. The molecule has 1 heterocycles. The van der Waals surface area contributed by atoms with Gasteiger partial charge in [-0.2, -0.15) is 0 Å². The van der Waals surface area contributed by atoms with Crippen LogP contribution in [0.4, 0.5) is 15.8 Å². The minimum atomic E-state index is -0.546. The molecule has 11 heteroatoms. The Morgan fingerprint density at radius 2 is 1.85 bits per heavy atom. The Morgan fingerprint density at radius 1 is 1.05 bits per heavy atom. The Kier molecular flexibility index (Phi) is 9.75. The number of amidine groups is 1. The molecule has 1 saturated heterocycles. The standard InChI is InChI=1S/C30H28FN3O6S/c1-4-34-28(36)26(41-30(34)32-21-10-8-9-20(17-21)29(37)39-5-2)16-19-13-14-24(25(15-19)38-3)40-18-27(35)33-23-12-7-6-11-22(23)31/h6-17H,4-5,18H2,1-3H3,(H,33,35). The molecule has 212 valence electrons. The Hall–Kier alpha value is -4.64. The summed E-state index contributed by atoms with van der Waals surface area (Å²) >= 11 is 1.22. The van der Waals surface area contributed by atoms with Crippen LogP contribution in [0.5, 0.6) is 11.5 Å². The molecular weight excluding hydrogens is 549 g/mol. The van der Waals surface area contributed by atoms with Crippen molar-refractivity contribution in [3.8, 4) is 11.5 Å². The average Bonchev–Trinajstić information content (AvgIpc) is 3.26. The van der Waals surface area contributed by atoms with E-state index in [0.717, 1.165) is 0 Å². The summed E-state index contributed by atoms with van der Waals surface area (Å²) < 4.78 is 29.9. The highest BCUT2D eigenvalue weighted by atomic mass is 32.2. The zero-order valence-corrected chi connectivity index (χ0v) is 23.5. The first-order valence-corrected chi connectivity index (χ1v) is 13.6. The molecule has 2 amide bonds. The molecule has 3 aromatic carbocycles. The second-order valence-corrected chi connectivity index (χ2v) is 9.56. The number of carbonyl (C=O) groups is 3. The molecule has 0 radical (unpaired) electrons. The molecule has 0 aromatic heterocycles. The van der Waals surface area contributed by atoms with Gasteiger partial charge >= 0.3 is 5.97 Å². The molecule has 0 aliphatic carbocycles. The van der Waals surface area contributed by atoms with Crippen LogP contribution in [0.15, 0.2) is 76.6 Å². The summed E-state index contributed by atoms with van der Waals surface area (Å²) in [6.45, 7) is 3.90. The number of methoxy groups -OCH3 is 1. The van der Waals surface area contributed by atoms with Crippen LogP contribution in [0.1, 0.15) is 29.8 Å². The summed E-state index contributed by atoms with van der Waals surface area (Å²) in [5.74, 6) is -1.06. The average molecular weight is 578 g/mol. The van der Waals surface area contributed by atoms with E-state index in [9.17, 15) is 18.8 Å². The number of likely N-dealkylation sites (N-methyl/N-ethyl adjacent to an activating group) is 1. The van der Waals surface area contributed by atoms with Crippen molar-refractivity contribution < 1.29 is 33.0 Å². The van der Waals surface area contributed by atoms with E-state index in [0.29, 0.717) is 44.9 Å². The maximum absolute atomic E-state index is 13.8. The van der Waals surface area contributed by atoms with E-state index in [2.05, 4.69) is 10.3 Å². The van der Waals surface area contributed by atoms with E-state index >= 15 is 0 Å². The zero-order chi connectivity index (χ0) is 29.4. The third-order valence-corrected chi connectivity index (χ3v) is 6.79. The molecule has 41 heavy (non-hydrogen) atoms. The molecule has 1 aliphatic heterocycles. The highest BCUT2D eigenvalue weighted by molar-refractivity contribution is 8.18. The first-order chi connectivity index (χ1) is 19.8. The number of hydrogen-bond acceptors (Lipinski definition) is 8. The summed E-state index contributed by atoms with van der Waals surface area (Å²) in [5.41, 5.74) is 1.63. The number of nitrogens with zero attached hydrogens (tertiary/aromatic N) is 2. The van der Waals surface area contributed by atoms with E-state index in [1.54, 1.807) is 66.4 Å². The lowest BCUT2D eigenvalue weighted by Crippen LogP contribution is -2.28. The van der Waals surface area contributed by atoms with E-state index in [1.165, 1.54) is 37.1 Å². The van der Waals surface area contributed by atoms with Crippen molar-refractivity contribution in [1.82, 2.24) is 4.90 Å². The number of aliphatic imine (C=N–C) groups is 1. The summed E-state index contributed by atoms with van der Waals surface area (Å²) in [7, 11) is 1.46. The van der Waals surface area contributed by atoms with Crippen LogP contribution in [0.25, 0.3) is 6.08 Å². The summed E-state index contributed by atoms with van der Waals surface area (Å²) in [6.07, 6.45) is 1.71. The van der Waals surface area contributed by atoms with E-state index in [4.69, 9.17) is 14.2 Å². The predicted octanol–water partition coefficient (Wildman–Crippen LogP) is 5.65. The number of nitrogens with one attached hydrogen (secondary N) is 1. The molecule has 0 spiro atoms. The number of ether oxygens (including phenoxy) is 3. The number of carbonyl (C=O) groups excluding carboxylic acids is 3. The monoisotopic (exact) mass is 577 g/mol. The minimum Gasteiger partial charge on any atom is -0.493 e. The van der Waals surface area contributed by atoms with Crippen LogP contribution in [-0.4, -0.2) is 54.7 Å². The first-order valence-electron chi connectivity index (χ1n) is 12.8. The van der Waals surface area contributed by atoms with Crippen molar-refractivity contribution >= 4 is 52.2 Å². The van der Waals surface area contributed by atoms with Crippen molar-refractivity contribution in [1.29, 1.82) is 0 Å². The van der Waals surface area contributed by atoms with Gasteiger partial charge in [-0.05, 0) is 79.7 Å². The van der Waals surface area contributed by atoms with Crippen molar-refractivity contribution in [2.24, 2.45) is 4.99 Å². The molecule has 0 saturated carbocycles. The van der Waals surface area contributed by atoms with Gasteiger partial charge in [-0.3, -0.25) is 14.5 Å². The van der Waals surface area contributed by atoms with Gasteiger partial charge in [0.1, 0.15) is 5.82 Å². The highest BCUT2D eigenvalue weighted by Crippen LogP contribution is 2.36. The number of anilines is 1. The number of amides is 2. The lowest BCUT2D eigenvalue weighted by molar-refractivity contribution is -0.122. The van der Waals surface area contributed by atoms with Gasteiger partial charge in [-0.25, -0.2) is 14.2 Å². The molecule has 9 nitrogen and oxygen atoms in total. The van der Waals surface area contributed by atoms with Crippen LogP contribution in [0, 0.1) is 5.82 Å². The predicted molar refractivity (Wildman–Crippen MR) is 156 cm³/mol. The van der Waals surface area contributed by atoms with Crippen molar-refractivity contribution in [2.45, 2.75) is 13.8 Å². The molecule has 0 atom stereocenters. The Labute approximate surface area is 241 Å². The molecule has 1 N–H and O–H groups in total. The van der Waals surface area contributed by atoms with Crippen LogP contribution in [-0.2, 0) is 14.3 Å². The molecular formula is C30H28FN3O6S. The van der Waals surface area contributed by atoms with Gasteiger partial charge in [-0.15, -0.1) is 0 Å². The van der Waals surface area contributed by atoms with E-state index in [1.807, 2.05) is 6.92 Å². The number of halogens is 1. The lowest BCUT2D eigenvalue weighted by atomic mass is 10.2. The second-order valence-electron chi connectivity index (χ2n) is 8.55. The van der Waals surface area contributed by atoms with E-state index in [-0.39, 0.29) is 24.8 Å². The highest BCUT2D eigenvalue weighted by Gasteiger charge is 2.32. The largest absolute Gasteiger partial charge is 0.493 e. The Morgan fingerprint density at radius 3 is 2.59 bits per heavy atom. The maximum Gasteiger partial charge on any atom is 0.338 e. The molecule has 4 rings (SSSR count). The van der Waals surface area contributed by atoms with Gasteiger partial charge in [0, 0.05) is 6.54 Å². The Bertz CT molecular complexity index is 1520. The van der Waals surface area contributed by atoms with Crippen molar-refractivity contribution in [3.63, 3.8) is 0 Å². The molecule has 0 bridgehead atoms. The quantitative estimate of drug-likeness (QED) is 0.245. The fourth-order valence-corrected chi connectivity index (χ4v) is 4.90. The smallest absolute Gasteiger partial charge is 0.338 e. The lowest BCUT2D eigenvalue weighted by Gasteiger charge is -2.12. The van der Waals surface area contributed by atoms with Gasteiger partial charge < -0.3 is 19.5 Å². The van der Waals surface area contributed by atoms with E-state index < -0.39 is 17.7 Å². The van der Waals surface area contributed by atoms with Crippen LogP contribution in [0.3, 0.4) is 0 Å². The fourth-order valence-electron chi connectivity index (χ4n) is 3.83. The number of esters is 1. The number of benzene rings is 3. The SMILES string of the molecule is CCOC(=O)c1cccc(N=C2SC(=Cc3ccc(OCC(=O)Nc4ccccc4F)c(OC)c3)C(=O)N2CC)c1. The molecule has 3 aromatic rings. The maximum atomic E-state index is 13.8. The third-order valence-electron chi connectivity index (χ3n) is 5.78. The topological polar surface area (TPSA) is 107 Å². The van der Waals surface area contributed by atoms with Gasteiger partial charge in [0.05, 0.1) is 35.6 Å². The fraction of sp³-hybridized carbons (Fsp3) is 0.200. The Balaban J connectivity index is 1.48. The van der Waals surface area contributed by atoms with Crippen LogP contribution in [0.2, 0.25) is 0 Å². The summed E-state index contributed by atoms with van der Waals surface area (Å²) in [6, 6.07) is 17.6. The minimum absolute atomic E-state index is 0.0597. The molecule has 1 aliphatic rings.